The fraction of sp³-hybridized carbons (Fsp3) is 0.556. The van der Waals surface area contributed by atoms with Crippen molar-refractivity contribution in [2.75, 3.05) is 19.6 Å². The predicted molar refractivity (Wildman–Crippen MR) is 98.5 cm³/mol. The molecule has 0 spiro atoms. The summed E-state index contributed by atoms with van der Waals surface area (Å²) in [6.07, 6.45) is 4.64. The van der Waals surface area contributed by atoms with E-state index in [1.54, 1.807) is 0 Å². The van der Waals surface area contributed by atoms with Gasteiger partial charge in [0.2, 0.25) is 11.8 Å². The van der Waals surface area contributed by atoms with Gasteiger partial charge in [-0.2, -0.15) is 0 Å². The van der Waals surface area contributed by atoms with Crippen molar-refractivity contribution in [1.29, 1.82) is 0 Å². The summed E-state index contributed by atoms with van der Waals surface area (Å²) in [5, 5.41) is 2.90. The van der Waals surface area contributed by atoms with Gasteiger partial charge in [0.1, 0.15) is 0 Å². The molecular formula is C18H26BrN3O2. The lowest BCUT2D eigenvalue weighted by molar-refractivity contribution is -0.135. The minimum Gasteiger partial charge on any atom is -0.354 e. The SMILES string of the molecule is NCCC(=O)NCC1CCCCN1C(=O)CCc1ccccc1Br. The molecule has 0 radical (unpaired) electrons. The molecule has 1 aromatic carbocycles. The van der Waals surface area contributed by atoms with E-state index in [0.29, 0.717) is 25.9 Å². The number of nitrogens with zero attached hydrogens (tertiary/aromatic N) is 1. The van der Waals surface area contributed by atoms with E-state index in [-0.39, 0.29) is 17.9 Å². The number of amides is 2. The summed E-state index contributed by atoms with van der Waals surface area (Å²) in [5.41, 5.74) is 6.54. The number of piperidine rings is 1. The smallest absolute Gasteiger partial charge is 0.223 e. The third-order valence-electron chi connectivity index (χ3n) is 4.42. The Morgan fingerprint density at radius 1 is 1.25 bits per heavy atom. The zero-order valence-corrected chi connectivity index (χ0v) is 15.6. The number of aryl methyl sites for hydroxylation is 1. The largest absolute Gasteiger partial charge is 0.354 e. The van der Waals surface area contributed by atoms with Crippen molar-refractivity contribution in [2.24, 2.45) is 5.73 Å². The highest BCUT2D eigenvalue weighted by atomic mass is 79.9. The molecule has 3 N–H and O–H groups in total. The quantitative estimate of drug-likeness (QED) is 0.742. The maximum atomic E-state index is 12.6. The van der Waals surface area contributed by atoms with Crippen LogP contribution in [0.15, 0.2) is 28.7 Å². The van der Waals surface area contributed by atoms with E-state index in [0.717, 1.165) is 42.3 Å². The molecule has 0 bridgehead atoms. The summed E-state index contributed by atoms with van der Waals surface area (Å²) >= 11 is 3.53. The fourth-order valence-electron chi connectivity index (χ4n) is 3.08. The average Bonchev–Trinajstić information content (AvgIpc) is 2.59. The Morgan fingerprint density at radius 3 is 2.79 bits per heavy atom. The van der Waals surface area contributed by atoms with Gasteiger partial charge < -0.3 is 16.0 Å². The first-order valence-corrected chi connectivity index (χ1v) is 9.40. The van der Waals surface area contributed by atoms with Crippen molar-refractivity contribution in [1.82, 2.24) is 10.2 Å². The van der Waals surface area contributed by atoms with E-state index in [4.69, 9.17) is 5.73 Å². The highest BCUT2D eigenvalue weighted by molar-refractivity contribution is 9.10. The molecule has 1 aliphatic rings. The van der Waals surface area contributed by atoms with Crippen molar-refractivity contribution >= 4 is 27.7 Å². The molecule has 1 aliphatic heterocycles. The number of likely N-dealkylation sites (tertiary alicyclic amines) is 1. The van der Waals surface area contributed by atoms with Crippen molar-refractivity contribution in [2.45, 2.75) is 44.6 Å². The van der Waals surface area contributed by atoms with Crippen molar-refractivity contribution < 1.29 is 9.59 Å². The number of hydrogen-bond donors (Lipinski definition) is 2. The van der Waals surface area contributed by atoms with Crippen LogP contribution in [0, 0.1) is 0 Å². The second-order valence-electron chi connectivity index (χ2n) is 6.17. The summed E-state index contributed by atoms with van der Waals surface area (Å²) in [5.74, 6) is 0.132. The van der Waals surface area contributed by atoms with Crippen LogP contribution in [-0.4, -0.2) is 42.4 Å². The summed E-state index contributed by atoms with van der Waals surface area (Å²) in [4.78, 5) is 26.2. The Morgan fingerprint density at radius 2 is 2.04 bits per heavy atom. The fourth-order valence-corrected chi connectivity index (χ4v) is 3.56. The van der Waals surface area contributed by atoms with Crippen LogP contribution in [0.2, 0.25) is 0 Å². The van der Waals surface area contributed by atoms with E-state index in [9.17, 15) is 9.59 Å². The third-order valence-corrected chi connectivity index (χ3v) is 5.19. The monoisotopic (exact) mass is 395 g/mol. The maximum Gasteiger partial charge on any atom is 0.223 e. The van der Waals surface area contributed by atoms with Gasteiger partial charge in [-0.05, 0) is 37.3 Å². The van der Waals surface area contributed by atoms with Gasteiger partial charge in [0.05, 0.1) is 0 Å². The number of nitrogens with two attached hydrogens (primary N) is 1. The molecule has 5 nitrogen and oxygen atoms in total. The van der Waals surface area contributed by atoms with Crippen LogP contribution in [-0.2, 0) is 16.0 Å². The lowest BCUT2D eigenvalue weighted by Crippen LogP contribution is -2.49. The summed E-state index contributed by atoms with van der Waals surface area (Å²) in [6, 6.07) is 8.10. The van der Waals surface area contributed by atoms with Crippen LogP contribution in [0.25, 0.3) is 0 Å². The van der Waals surface area contributed by atoms with Crippen LogP contribution >= 0.6 is 15.9 Å². The zero-order chi connectivity index (χ0) is 17.4. The van der Waals surface area contributed by atoms with Crippen LogP contribution < -0.4 is 11.1 Å². The lowest BCUT2D eigenvalue weighted by Gasteiger charge is -2.36. The molecule has 0 aromatic heterocycles. The molecule has 1 aromatic rings. The zero-order valence-electron chi connectivity index (χ0n) is 14.0. The van der Waals surface area contributed by atoms with Gasteiger partial charge in [-0.15, -0.1) is 0 Å². The van der Waals surface area contributed by atoms with E-state index >= 15 is 0 Å². The van der Waals surface area contributed by atoms with Crippen molar-refractivity contribution in [3.8, 4) is 0 Å². The van der Waals surface area contributed by atoms with Gasteiger partial charge in [-0.1, -0.05) is 34.1 Å². The number of benzene rings is 1. The highest BCUT2D eigenvalue weighted by Crippen LogP contribution is 2.21. The molecule has 1 heterocycles. The molecule has 24 heavy (non-hydrogen) atoms. The number of carbonyl (C=O) groups excluding carboxylic acids is 2. The molecule has 2 rings (SSSR count). The van der Waals surface area contributed by atoms with Crippen LogP contribution in [0.3, 0.4) is 0 Å². The number of halogens is 1. The predicted octanol–water partition coefficient (Wildman–Crippen LogP) is 2.23. The lowest BCUT2D eigenvalue weighted by atomic mass is 10.0. The van der Waals surface area contributed by atoms with Crippen molar-refractivity contribution in [3.05, 3.63) is 34.3 Å². The van der Waals surface area contributed by atoms with E-state index in [2.05, 4.69) is 21.2 Å². The molecule has 1 unspecified atom stereocenters. The molecule has 132 valence electrons. The second-order valence-corrected chi connectivity index (χ2v) is 7.03. The Labute approximate surface area is 152 Å². The molecule has 0 saturated carbocycles. The van der Waals surface area contributed by atoms with Gasteiger partial charge in [-0.25, -0.2) is 0 Å². The normalized spacial score (nSPS) is 17.6. The topological polar surface area (TPSA) is 75.4 Å². The summed E-state index contributed by atoms with van der Waals surface area (Å²) in [6.45, 7) is 1.66. The molecular weight excluding hydrogens is 370 g/mol. The summed E-state index contributed by atoms with van der Waals surface area (Å²) < 4.78 is 1.04. The Kier molecular flexibility index (Phi) is 7.72. The van der Waals surface area contributed by atoms with Gasteiger partial charge in [0.15, 0.2) is 0 Å². The first-order valence-electron chi connectivity index (χ1n) is 8.61. The maximum absolute atomic E-state index is 12.6. The standard InChI is InChI=1S/C18H26BrN3O2/c19-16-7-2-1-5-14(16)8-9-18(24)22-12-4-3-6-15(22)13-21-17(23)10-11-20/h1-2,5,7,15H,3-4,6,8-13,20H2,(H,21,23). The molecule has 1 saturated heterocycles. The highest BCUT2D eigenvalue weighted by Gasteiger charge is 2.26. The van der Waals surface area contributed by atoms with Gasteiger partial charge in [0, 0.05) is 43.0 Å². The Bertz CT molecular complexity index is 565. The molecule has 2 amide bonds. The second kappa shape index (κ2) is 9.79. The van der Waals surface area contributed by atoms with Gasteiger partial charge >= 0.3 is 0 Å². The Balaban J connectivity index is 1.88. The number of nitrogens with one attached hydrogen (secondary N) is 1. The number of rotatable bonds is 7. The molecule has 1 atom stereocenters. The van der Waals surface area contributed by atoms with Crippen LogP contribution in [0.5, 0.6) is 0 Å². The van der Waals surface area contributed by atoms with E-state index < -0.39 is 0 Å². The van der Waals surface area contributed by atoms with Crippen LogP contribution in [0.4, 0.5) is 0 Å². The third kappa shape index (κ3) is 5.60. The first kappa shape index (κ1) is 18.9. The average molecular weight is 396 g/mol. The van der Waals surface area contributed by atoms with Gasteiger partial charge in [-0.3, -0.25) is 9.59 Å². The Hall–Kier alpha value is -1.40. The summed E-state index contributed by atoms with van der Waals surface area (Å²) in [7, 11) is 0. The molecule has 1 fully saturated rings. The van der Waals surface area contributed by atoms with Crippen molar-refractivity contribution in [3.63, 3.8) is 0 Å². The van der Waals surface area contributed by atoms with E-state index in [1.165, 1.54) is 0 Å². The van der Waals surface area contributed by atoms with Gasteiger partial charge in [0.25, 0.3) is 0 Å². The first-order chi connectivity index (χ1) is 11.6. The van der Waals surface area contributed by atoms with Crippen LogP contribution in [0.1, 0.15) is 37.7 Å². The van der Waals surface area contributed by atoms with E-state index in [1.807, 2.05) is 29.2 Å². The minimum atomic E-state index is -0.0383. The molecule has 0 aliphatic carbocycles. The molecule has 6 heteroatoms. The number of carbonyl (C=O) groups is 2. The minimum absolute atomic E-state index is 0.0383. The number of hydrogen-bond acceptors (Lipinski definition) is 3.